The predicted molar refractivity (Wildman–Crippen MR) is 213 cm³/mol. The van der Waals surface area contributed by atoms with Gasteiger partial charge in [-0.1, -0.05) is 88.6 Å². The fraction of sp³-hybridized carbons (Fsp3) is 0.609. The minimum atomic E-state index is 0.0445. The average Bonchev–Trinajstić information content (AvgIpc) is 3.43. The Kier molecular flexibility index (Phi) is 11.4. The highest BCUT2D eigenvalue weighted by molar-refractivity contribution is 5.56. The first-order chi connectivity index (χ1) is 24.3. The number of nitrogens with two attached hydrogens (primary N) is 2. The summed E-state index contributed by atoms with van der Waals surface area (Å²) < 4.78 is 18.1. The Morgan fingerprint density at radius 2 is 1.61 bits per heavy atom. The van der Waals surface area contributed by atoms with Gasteiger partial charge in [-0.15, -0.1) is 0 Å². The molecule has 4 aliphatic carbocycles. The van der Waals surface area contributed by atoms with Crippen LogP contribution in [0.5, 0.6) is 11.5 Å². The van der Waals surface area contributed by atoms with Crippen molar-refractivity contribution < 1.29 is 14.2 Å². The molecule has 4 N–H and O–H groups in total. The van der Waals surface area contributed by atoms with Crippen molar-refractivity contribution in [3.05, 3.63) is 77.4 Å². The molecule has 4 aliphatic rings. The number of hydrogen-bond acceptors (Lipinski definition) is 5. The molecule has 0 aliphatic heterocycles. The number of rotatable bonds is 13. The Hall–Kier alpha value is -3.18. The third-order valence-electron chi connectivity index (χ3n) is 14.1. The predicted octanol–water partition coefficient (Wildman–Crippen LogP) is 11.7. The lowest BCUT2D eigenvalue weighted by Gasteiger charge is -2.61. The summed E-state index contributed by atoms with van der Waals surface area (Å²) >= 11 is 0. The van der Waals surface area contributed by atoms with Gasteiger partial charge in [0.2, 0.25) is 6.79 Å². The normalized spacial score (nSPS) is 31.6. The molecule has 6 rings (SSSR count). The minimum absolute atomic E-state index is 0.0445. The zero-order valence-electron chi connectivity index (χ0n) is 32.7. The van der Waals surface area contributed by atoms with Crippen molar-refractivity contribution >= 4 is 17.5 Å². The van der Waals surface area contributed by atoms with Gasteiger partial charge in [0.25, 0.3) is 0 Å². The molecule has 0 spiro atoms. The van der Waals surface area contributed by atoms with E-state index in [0.29, 0.717) is 34.6 Å². The lowest BCUT2D eigenvalue weighted by Crippen LogP contribution is -2.55. The molecule has 0 radical (unpaired) electrons. The van der Waals surface area contributed by atoms with E-state index in [4.69, 9.17) is 25.7 Å². The van der Waals surface area contributed by atoms with E-state index < -0.39 is 0 Å². The second-order valence-electron chi connectivity index (χ2n) is 17.9. The fourth-order valence-corrected chi connectivity index (χ4v) is 11.6. The van der Waals surface area contributed by atoms with Crippen LogP contribution < -0.4 is 20.9 Å². The molecule has 2 aromatic carbocycles. The highest BCUT2D eigenvalue weighted by atomic mass is 16.7. The van der Waals surface area contributed by atoms with Crippen LogP contribution in [-0.2, 0) is 4.74 Å². The standard InChI is InChI=1S/C46H66N2O3/c1-31(2)11-8-9-12-32(3)39-19-20-40-38-18-21-42-44(4,5)43(23-25-46(42,7)41(38)22-24-45(39,40)6)49-26-10-13-33-14-16-36(17-15-33)50-30-51-37-28-34(47)27-35(48)29-37/h10-11,13-17,21,27-29,32,38-41,43H,8-9,12,18-20,22-26,30,47-48H2,1-7H3/b13-10+. The zero-order valence-corrected chi connectivity index (χ0v) is 32.7. The Labute approximate surface area is 309 Å². The van der Waals surface area contributed by atoms with Crippen LogP contribution in [0.4, 0.5) is 11.4 Å². The van der Waals surface area contributed by atoms with Crippen LogP contribution in [0.1, 0.15) is 118 Å². The van der Waals surface area contributed by atoms with E-state index >= 15 is 0 Å². The Morgan fingerprint density at radius 3 is 2.33 bits per heavy atom. The zero-order chi connectivity index (χ0) is 36.4. The van der Waals surface area contributed by atoms with E-state index in [9.17, 15) is 0 Å². The van der Waals surface area contributed by atoms with Gasteiger partial charge in [0.05, 0.1) is 12.7 Å². The molecule has 0 heterocycles. The number of benzene rings is 2. The third kappa shape index (κ3) is 7.94. The van der Waals surface area contributed by atoms with Crippen LogP contribution in [-0.4, -0.2) is 19.5 Å². The molecule has 278 valence electrons. The van der Waals surface area contributed by atoms with Crippen molar-refractivity contribution in [2.75, 3.05) is 24.9 Å². The number of ether oxygens (including phenoxy) is 3. The van der Waals surface area contributed by atoms with Gasteiger partial charge in [0.15, 0.2) is 0 Å². The largest absolute Gasteiger partial charge is 0.458 e. The molecular weight excluding hydrogens is 629 g/mol. The molecule has 0 saturated heterocycles. The van der Waals surface area contributed by atoms with Gasteiger partial charge in [0.1, 0.15) is 11.5 Å². The van der Waals surface area contributed by atoms with Gasteiger partial charge >= 0.3 is 0 Å². The molecule has 5 nitrogen and oxygen atoms in total. The Balaban J connectivity index is 1.01. The average molecular weight is 695 g/mol. The van der Waals surface area contributed by atoms with Gasteiger partial charge in [-0.3, -0.25) is 0 Å². The van der Waals surface area contributed by atoms with Crippen LogP contribution in [0, 0.1) is 45.8 Å². The van der Waals surface area contributed by atoms with E-state index in [0.717, 1.165) is 47.3 Å². The molecule has 3 saturated carbocycles. The first-order valence-electron chi connectivity index (χ1n) is 20.0. The summed E-state index contributed by atoms with van der Waals surface area (Å²) in [6.45, 7) is 18.0. The molecular formula is C46H66N2O3. The van der Waals surface area contributed by atoms with Crippen LogP contribution in [0.3, 0.4) is 0 Å². The van der Waals surface area contributed by atoms with Crippen LogP contribution in [0.2, 0.25) is 0 Å². The number of allylic oxidation sites excluding steroid dienone is 3. The monoisotopic (exact) mass is 695 g/mol. The van der Waals surface area contributed by atoms with Gasteiger partial charge in [-0.2, -0.15) is 0 Å². The number of nitrogen functional groups attached to an aromatic ring is 2. The summed E-state index contributed by atoms with van der Waals surface area (Å²) in [6.07, 6.45) is 23.0. The Bertz CT molecular complexity index is 1570. The van der Waals surface area contributed by atoms with Gasteiger partial charge in [-0.25, -0.2) is 0 Å². The summed E-state index contributed by atoms with van der Waals surface area (Å²) in [7, 11) is 0. The molecule has 0 amide bonds. The fourth-order valence-electron chi connectivity index (χ4n) is 11.6. The molecule has 0 bridgehead atoms. The van der Waals surface area contributed by atoms with Crippen molar-refractivity contribution in [3.8, 4) is 11.5 Å². The minimum Gasteiger partial charge on any atom is -0.458 e. The summed E-state index contributed by atoms with van der Waals surface area (Å²) in [6, 6.07) is 13.2. The lowest BCUT2D eigenvalue weighted by atomic mass is 9.44. The maximum absolute atomic E-state index is 6.67. The first-order valence-corrected chi connectivity index (χ1v) is 20.0. The molecule has 8 atom stereocenters. The highest BCUT2D eigenvalue weighted by Crippen LogP contribution is 2.69. The van der Waals surface area contributed by atoms with E-state index in [2.05, 4.69) is 84.9 Å². The lowest BCUT2D eigenvalue weighted by molar-refractivity contribution is -0.0910. The van der Waals surface area contributed by atoms with Crippen LogP contribution in [0.15, 0.2) is 71.8 Å². The van der Waals surface area contributed by atoms with Gasteiger partial charge < -0.3 is 25.7 Å². The van der Waals surface area contributed by atoms with Gasteiger partial charge in [-0.05, 0) is 136 Å². The van der Waals surface area contributed by atoms with Crippen molar-refractivity contribution in [1.82, 2.24) is 0 Å². The van der Waals surface area contributed by atoms with Gasteiger partial charge in [0, 0.05) is 28.9 Å². The second kappa shape index (κ2) is 15.4. The SMILES string of the molecule is CC(C)=CCCCC(C)C1CCC2C3CC=C4C(C)(C)C(OC/C=C/c5ccc(OCOc6cc(N)cc(N)c6)cc5)CCC4(C)C3CCC12C. The Morgan fingerprint density at radius 1 is 0.882 bits per heavy atom. The summed E-state index contributed by atoms with van der Waals surface area (Å²) in [5, 5.41) is 0. The molecule has 5 heteroatoms. The molecule has 8 unspecified atom stereocenters. The number of hydrogen-bond donors (Lipinski definition) is 2. The summed E-state index contributed by atoms with van der Waals surface area (Å²) in [5.74, 6) is 5.63. The quantitative estimate of drug-likeness (QED) is 0.0944. The number of fused-ring (bicyclic) bond motifs is 5. The van der Waals surface area contributed by atoms with E-state index in [1.54, 1.807) is 23.8 Å². The summed E-state index contributed by atoms with van der Waals surface area (Å²) in [4.78, 5) is 0. The third-order valence-corrected chi connectivity index (χ3v) is 14.1. The van der Waals surface area contributed by atoms with E-state index in [1.807, 2.05) is 12.1 Å². The second-order valence-corrected chi connectivity index (χ2v) is 17.9. The molecule has 0 aromatic heterocycles. The van der Waals surface area contributed by atoms with Crippen molar-refractivity contribution in [1.29, 1.82) is 0 Å². The molecule has 2 aromatic rings. The molecule has 51 heavy (non-hydrogen) atoms. The van der Waals surface area contributed by atoms with E-state index in [-0.39, 0.29) is 18.3 Å². The summed E-state index contributed by atoms with van der Waals surface area (Å²) in [5.41, 5.74) is 18.0. The van der Waals surface area contributed by atoms with Crippen LogP contribution >= 0.6 is 0 Å². The smallest absolute Gasteiger partial charge is 0.230 e. The van der Waals surface area contributed by atoms with Crippen LogP contribution in [0.25, 0.3) is 6.08 Å². The van der Waals surface area contributed by atoms with Crippen molar-refractivity contribution in [2.45, 2.75) is 119 Å². The highest BCUT2D eigenvalue weighted by Gasteiger charge is 2.61. The maximum Gasteiger partial charge on any atom is 0.230 e. The number of unbranched alkanes of at least 4 members (excludes halogenated alkanes) is 1. The topological polar surface area (TPSA) is 79.7 Å². The number of anilines is 2. The van der Waals surface area contributed by atoms with Crippen molar-refractivity contribution in [3.63, 3.8) is 0 Å². The van der Waals surface area contributed by atoms with E-state index in [1.165, 1.54) is 63.4 Å². The molecule has 3 fully saturated rings. The van der Waals surface area contributed by atoms with Crippen molar-refractivity contribution in [2.24, 2.45) is 45.8 Å². The first kappa shape index (κ1) is 37.6. The maximum atomic E-state index is 6.67.